The average molecular weight is 512 g/mol. The van der Waals surface area contributed by atoms with Crippen LogP contribution in [0.25, 0.3) is 0 Å². The van der Waals surface area contributed by atoms with Crippen molar-refractivity contribution in [3.63, 3.8) is 0 Å². The SMILES string of the molecule is N#CC1=C(N)Oc2cc(OC(=O)COc3ccc(Cl)cc3)ccc2C1c1ccc(Br)cc1. The van der Waals surface area contributed by atoms with Gasteiger partial charge in [-0.25, -0.2) is 4.79 Å². The van der Waals surface area contributed by atoms with E-state index in [9.17, 15) is 10.1 Å². The first-order chi connectivity index (χ1) is 15.4. The van der Waals surface area contributed by atoms with Gasteiger partial charge in [0.05, 0.1) is 5.92 Å². The molecule has 1 unspecified atom stereocenters. The summed E-state index contributed by atoms with van der Waals surface area (Å²) in [6.45, 7) is -0.276. The molecule has 4 rings (SSSR count). The van der Waals surface area contributed by atoms with Gasteiger partial charge in [-0.05, 0) is 48.0 Å². The largest absolute Gasteiger partial charge is 0.482 e. The van der Waals surface area contributed by atoms with Gasteiger partial charge in [0.25, 0.3) is 0 Å². The van der Waals surface area contributed by atoms with Crippen molar-refractivity contribution in [1.29, 1.82) is 5.26 Å². The van der Waals surface area contributed by atoms with Crippen LogP contribution in [0.4, 0.5) is 0 Å². The number of halogens is 2. The Morgan fingerprint density at radius 1 is 1.09 bits per heavy atom. The third kappa shape index (κ3) is 4.72. The molecule has 3 aromatic carbocycles. The normalized spacial score (nSPS) is 14.7. The molecule has 0 spiro atoms. The molecule has 160 valence electrons. The second-order valence-corrected chi connectivity index (χ2v) is 8.24. The number of nitrogens with two attached hydrogens (primary N) is 1. The molecule has 0 radical (unpaired) electrons. The van der Waals surface area contributed by atoms with E-state index in [0.29, 0.717) is 22.1 Å². The van der Waals surface area contributed by atoms with Crippen LogP contribution in [-0.2, 0) is 4.79 Å². The van der Waals surface area contributed by atoms with Crippen LogP contribution >= 0.6 is 27.5 Å². The molecule has 1 heterocycles. The second kappa shape index (κ2) is 9.35. The van der Waals surface area contributed by atoms with Crippen LogP contribution in [0, 0.1) is 11.3 Å². The first-order valence-electron chi connectivity index (χ1n) is 9.50. The van der Waals surface area contributed by atoms with Crippen LogP contribution in [0.15, 0.2) is 82.7 Å². The zero-order valence-corrected chi connectivity index (χ0v) is 18.9. The maximum absolute atomic E-state index is 12.2. The fourth-order valence-corrected chi connectivity index (χ4v) is 3.72. The van der Waals surface area contributed by atoms with Crippen LogP contribution in [0.5, 0.6) is 17.2 Å². The van der Waals surface area contributed by atoms with E-state index in [1.54, 1.807) is 42.5 Å². The fourth-order valence-electron chi connectivity index (χ4n) is 3.33. The highest BCUT2D eigenvalue weighted by molar-refractivity contribution is 9.10. The molecule has 0 bridgehead atoms. The van der Waals surface area contributed by atoms with Crippen molar-refractivity contribution in [3.05, 3.63) is 98.8 Å². The van der Waals surface area contributed by atoms with Gasteiger partial charge in [0.2, 0.25) is 5.88 Å². The van der Waals surface area contributed by atoms with Gasteiger partial charge in [-0.1, -0.05) is 45.7 Å². The average Bonchev–Trinajstić information content (AvgIpc) is 2.78. The molecule has 1 atom stereocenters. The van der Waals surface area contributed by atoms with Gasteiger partial charge in [-0.15, -0.1) is 0 Å². The summed E-state index contributed by atoms with van der Waals surface area (Å²) in [5.41, 5.74) is 7.98. The van der Waals surface area contributed by atoms with E-state index in [1.807, 2.05) is 24.3 Å². The third-order valence-corrected chi connectivity index (χ3v) is 5.58. The van der Waals surface area contributed by atoms with E-state index in [-0.39, 0.29) is 18.2 Å². The maximum Gasteiger partial charge on any atom is 0.349 e. The summed E-state index contributed by atoms with van der Waals surface area (Å²) in [5, 5.41) is 10.2. The van der Waals surface area contributed by atoms with E-state index >= 15 is 0 Å². The lowest BCUT2D eigenvalue weighted by Gasteiger charge is -2.26. The maximum atomic E-state index is 12.2. The third-order valence-electron chi connectivity index (χ3n) is 4.80. The lowest BCUT2D eigenvalue weighted by Crippen LogP contribution is -2.21. The second-order valence-electron chi connectivity index (χ2n) is 6.89. The van der Waals surface area contributed by atoms with Crippen molar-refractivity contribution in [2.24, 2.45) is 5.73 Å². The van der Waals surface area contributed by atoms with Gasteiger partial charge < -0.3 is 19.9 Å². The van der Waals surface area contributed by atoms with E-state index in [2.05, 4.69) is 22.0 Å². The van der Waals surface area contributed by atoms with Gasteiger partial charge in [0.15, 0.2) is 6.61 Å². The van der Waals surface area contributed by atoms with E-state index in [1.165, 1.54) is 0 Å². The molecular formula is C24H16BrClN2O4. The molecule has 0 saturated heterocycles. The Morgan fingerprint density at radius 3 is 2.47 bits per heavy atom. The number of rotatable bonds is 5. The molecule has 3 aromatic rings. The quantitative estimate of drug-likeness (QED) is 0.369. The van der Waals surface area contributed by atoms with Crippen molar-refractivity contribution in [3.8, 4) is 23.3 Å². The predicted molar refractivity (Wildman–Crippen MR) is 122 cm³/mol. The molecule has 1 aliphatic heterocycles. The summed E-state index contributed by atoms with van der Waals surface area (Å²) < 4.78 is 17.4. The number of carbonyl (C=O) groups excluding carboxylic acids is 1. The minimum Gasteiger partial charge on any atom is -0.482 e. The summed E-state index contributed by atoms with van der Waals surface area (Å²) in [6, 6.07) is 21.4. The molecular weight excluding hydrogens is 496 g/mol. The van der Waals surface area contributed by atoms with Crippen molar-refractivity contribution < 1.29 is 19.0 Å². The fraction of sp³-hybridized carbons (Fsp3) is 0.0833. The Labute approximate surface area is 197 Å². The Hall–Kier alpha value is -3.47. The van der Waals surface area contributed by atoms with Crippen molar-refractivity contribution in [2.45, 2.75) is 5.92 Å². The van der Waals surface area contributed by atoms with Crippen LogP contribution in [0.2, 0.25) is 5.02 Å². The lowest BCUT2D eigenvalue weighted by molar-refractivity contribution is -0.136. The molecule has 0 aliphatic carbocycles. The lowest BCUT2D eigenvalue weighted by atomic mass is 9.83. The Kier molecular flexibility index (Phi) is 6.35. The summed E-state index contributed by atoms with van der Waals surface area (Å²) in [7, 11) is 0. The van der Waals surface area contributed by atoms with E-state index in [0.717, 1.165) is 15.6 Å². The van der Waals surface area contributed by atoms with Crippen LogP contribution in [-0.4, -0.2) is 12.6 Å². The molecule has 8 heteroatoms. The van der Waals surface area contributed by atoms with Gasteiger partial charge in [0.1, 0.15) is 28.9 Å². The van der Waals surface area contributed by atoms with Gasteiger partial charge in [-0.2, -0.15) is 5.26 Å². The van der Waals surface area contributed by atoms with Gasteiger partial charge in [-0.3, -0.25) is 0 Å². The number of nitrogens with zero attached hydrogens (tertiary/aromatic N) is 1. The zero-order chi connectivity index (χ0) is 22.7. The molecule has 0 fully saturated rings. The number of esters is 1. The van der Waals surface area contributed by atoms with Crippen molar-refractivity contribution in [1.82, 2.24) is 0 Å². The minimum absolute atomic E-state index is 0.0162. The Balaban J connectivity index is 1.53. The standard InChI is InChI=1S/C24H16BrClN2O4/c25-15-3-1-14(2-4-15)23-19-10-9-18(11-21(19)32-24(28)20(23)12-27)31-22(29)13-30-17-7-5-16(26)6-8-17/h1-11,23H,13,28H2. The molecule has 0 amide bonds. The van der Waals surface area contributed by atoms with Crippen LogP contribution in [0.1, 0.15) is 17.0 Å². The molecule has 32 heavy (non-hydrogen) atoms. The Bertz CT molecular complexity index is 1230. The first kappa shape index (κ1) is 21.8. The predicted octanol–water partition coefficient (Wildman–Crippen LogP) is 5.31. The molecule has 6 nitrogen and oxygen atoms in total. The van der Waals surface area contributed by atoms with Gasteiger partial charge in [0, 0.05) is 21.1 Å². The van der Waals surface area contributed by atoms with Gasteiger partial charge >= 0.3 is 5.97 Å². The minimum atomic E-state index is -0.582. The zero-order valence-electron chi connectivity index (χ0n) is 16.5. The monoisotopic (exact) mass is 510 g/mol. The molecule has 0 aromatic heterocycles. The number of hydrogen-bond donors (Lipinski definition) is 1. The number of carbonyl (C=O) groups is 1. The first-order valence-corrected chi connectivity index (χ1v) is 10.7. The topological polar surface area (TPSA) is 94.6 Å². The smallest absolute Gasteiger partial charge is 0.349 e. The number of fused-ring (bicyclic) bond motifs is 1. The summed E-state index contributed by atoms with van der Waals surface area (Å²) in [4.78, 5) is 12.2. The summed E-state index contributed by atoms with van der Waals surface area (Å²) in [5.74, 6) is 0.229. The van der Waals surface area contributed by atoms with Crippen LogP contribution < -0.4 is 19.9 Å². The van der Waals surface area contributed by atoms with Crippen molar-refractivity contribution >= 4 is 33.5 Å². The highest BCUT2D eigenvalue weighted by Gasteiger charge is 2.31. The van der Waals surface area contributed by atoms with Crippen LogP contribution in [0.3, 0.4) is 0 Å². The number of benzene rings is 3. The molecule has 1 aliphatic rings. The number of nitriles is 1. The number of ether oxygens (including phenoxy) is 3. The Morgan fingerprint density at radius 2 is 1.78 bits per heavy atom. The highest BCUT2D eigenvalue weighted by atomic mass is 79.9. The van der Waals surface area contributed by atoms with E-state index in [4.69, 9.17) is 31.5 Å². The summed E-state index contributed by atoms with van der Waals surface area (Å²) in [6.07, 6.45) is 0. The number of allylic oxidation sites excluding steroid dienone is 1. The molecule has 2 N–H and O–H groups in total. The molecule has 0 saturated carbocycles. The van der Waals surface area contributed by atoms with E-state index < -0.39 is 11.9 Å². The number of hydrogen-bond acceptors (Lipinski definition) is 6. The summed E-state index contributed by atoms with van der Waals surface area (Å²) >= 11 is 9.25. The van der Waals surface area contributed by atoms with Crippen molar-refractivity contribution in [2.75, 3.05) is 6.61 Å². The highest BCUT2D eigenvalue weighted by Crippen LogP contribution is 2.43.